The van der Waals surface area contributed by atoms with E-state index < -0.39 is 12.1 Å². The van der Waals surface area contributed by atoms with Gasteiger partial charge in [0.15, 0.2) is 6.04 Å². The highest BCUT2D eigenvalue weighted by atomic mass is 35.5. The van der Waals surface area contributed by atoms with Crippen LogP contribution < -0.4 is 15.6 Å². The molecule has 1 heterocycles. The SMILES string of the molecule is CCN(CC)c1ccc(/C=[N+]2\NC(=O)[C@@H](NC(=O)c3ccccc3)[C@H]2c2ccc(Cl)cc2)cc1. The van der Waals surface area contributed by atoms with E-state index in [1.54, 1.807) is 41.1 Å². The second kappa shape index (κ2) is 10.5. The maximum Gasteiger partial charge on any atom is 0.304 e. The Morgan fingerprint density at radius 2 is 1.65 bits per heavy atom. The summed E-state index contributed by atoms with van der Waals surface area (Å²) in [6.45, 7) is 6.13. The van der Waals surface area contributed by atoms with E-state index >= 15 is 0 Å². The zero-order chi connectivity index (χ0) is 24.1. The summed E-state index contributed by atoms with van der Waals surface area (Å²) in [5.41, 5.74) is 6.35. The summed E-state index contributed by atoms with van der Waals surface area (Å²) < 4.78 is 1.76. The molecule has 4 rings (SSSR count). The van der Waals surface area contributed by atoms with Gasteiger partial charge in [-0.3, -0.25) is 9.59 Å². The van der Waals surface area contributed by atoms with Crippen LogP contribution in [0.25, 0.3) is 0 Å². The Balaban J connectivity index is 1.66. The molecule has 0 bridgehead atoms. The normalized spacial score (nSPS) is 18.6. The fourth-order valence-electron chi connectivity index (χ4n) is 4.18. The summed E-state index contributed by atoms with van der Waals surface area (Å²) in [6, 6.07) is 23.2. The third-order valence-corrected chi connectivity index (χ3v) is 6.23. The molecule has 0 aromatic heterocycles. The maximum absolute atomic E-state index is 13.0. The van der Waals surface area contributed by atoms with Crippen LogP contribution in [0.2, 0.25) is 5.02 Å². The average Bonchev–Trinajstić information content (AvgIpc) is 3.16. The van der Waals surface area contributed by atoms with Crippen LogP contribution in [0.1, 0.15) is 41.4 Å². The van der Waals surface area contributed by atoms with Gasteiger partial charge in [0, 0.05) is 40.5 Å². The number of anilines is 1. The van der Waals surface area contributed by atoms with Crippen molar-refractivity contribution in [3.05, 3.63) is 101 Å². The van der Waals surface area contributed by atoms with Gasteiger partial charge in [-0.05, 0) is 62.4 Å². The van der Waals surface area contributed by atoms with Gasteiger partial charge >= 0.3 is 5.91 Å². The first kappa shape index (κ1) is 23.5. The van der Waals surface area contributed by atoms with Gasteiger partial charge in [0.1, 0.15) is 0 Å². The van der Waals surface area contributed by atoms with Crippen molar-refractivity contribution in [2.24, 2.45) is 0 Å². The fraction of sp³-hybridized carbons (Fsp3) is 0.222. The Morgan fingerprint density at radius 3 is 2.26 bits per heavy atom. The average molecular weight is 476 g/mol. The van der Waals surface area contributed by atoms with Crippen LogP contribution in [-0.4, -0.2) is 41.8 Å². The molecule has 2 N–H and O–H groups in total. The molecule has 3 aromatic rings. The molecule has 1 aliphatic heterocycles. The Labute approximate surface area is 204 Å². The molecule has 0 saturated carbocycles. The van der Waals surface area contributed by atoms with Crippen LogP contribution in [0.15, 0.2) is 78.9 Å². The predicted molar refractivity (Wildman–Crippen MR) is 135 cm³/mol. The lowest BCUT2D eigenvalue weighted by molar-refractivity contribution is -0.596. The van der Waals surface area contributed by atoms with Gasteiger partial charge in [-0.15, -0.1) is 10.1 Å². The molecule has 1 saturated heterocycles. The van der Waals surface area contributed by atoms with E-state index in [9.17, 15) is 9.59 Å². The third kappa shape index (κ3) is 5.13. The molecule has 7 heteroatoms. The first-order valence-electron chi connectivity index (χ1n) is 11.4. The van der Waals surface area contributed by atoms with Gasteiger partial charge in [0.2, 0.25) is 12.3 Å². The summed E-state index contributed by atoms with van der Waals surface area (Å²) in [7, 11) is 0. The van der Waals surface area contributed by atoms with E-state index in [4.69, 9.17) is 11.6 Å². The van der Waals surface area contributed by atoms with E-state index in [0.717, 1.165) is 29.9 Å². The summed E-state index contributed by atoms with van der Waals surface area (Å²) in [5.74, 6) is -0.578. The molecule has 0 aliphatic carbocycles. The molecule has 34 heavy (non-hydrogen) atoms. The Bertz CT molecular complexity index is 1170. The number of hydrogen-bond acceptors (Lipinski definition) is 3. The molecule has 0 spiro atoms. The van der Waals surface area contributed by atoms with Gasteiger partial charge < -0.3 is 10.2 Å². The number of halogens is 1. The van der Waals surface area contributed by atoms with Crippen molar-refractivity contribution >= 4 is 35.3 Å². The minimum Gasteiger partial charge on any atom is -0.372 e. The van der Waals surface area contributed by atoms with E-state index in [0.29, 0.717) is 10.6 Å². The zero-order valence-corrected chi connectivity index (χ0v) is 20.0. The molecular weight excluding hydrogens is 448 g/mol. The van der Waals surface area contributed by atoms with Crippen LogP contribution in [0.5, 0.6) is 0 Å². The molecule has 3 aromatic carbocycles. The summed E-state index contributed by atoms with van der Waals surface area (Å²) in [4.78, 5) is 28.1. The van der Waals surface area contributed by atoms with Crippen LogP contribution >= 0.6 is 11.6 Å². The largest absolute Gasteiger partial charge is 0.372 e. The van der Waals surface area contributed by atoms with Crippen molar-refractivity contribution in [2.45, 2.75) is 25.9 Å². The smallest absolute Gasteiger partial charge is 0.304 e. The van der Waals surface area contributed by atoms with Crippen molar-refractivity contribution in [3.63, 3.8) is 0 Å². The van der Waals surface area contributed by atoms with E-state index in [1.807, 2.05) is 36.5 Å². The molecule has 2 amide bonds. The number of carbonyl (C=O) groups is 2. The maximum atomic E-state index is 13.0. The Morgan fingerprint density at radius 1 is 1.00 bits per heavy atom. The highest BCUT2D eigenvalue weighted by Crippen LogP contribution is 2.27. The Kier molecular flexibility index (Phi) is 7.28. The number of hydrogen-bond donors (Lipinski definition) is 2. The minimum absolute atomic E-state index is 0.278. The van der Waals surface area contributed by atoms with Crippen LogP contribution in [-0.2, 0) is 4.79 Å². The highest BCUT2D eigenvalue weighted by molar-refractivity contribution is 6.30. The minimum atomic E-state index is -0.778. The van der Waals surface area contributed by atoms with Gasteiger partial charge in [-0.25, -0.2) is 0 Å². The highest BCUT2D eigenvalue weighted by Gasteiger charge is 2.47. The quantitative estimate of drug-likeness (QED) is 0.503. The standard InChI is InChI=1S/C27H27ClN4O2/c1-3-31(4-2)23-16-10-19(11-17-23)18-32-25(20-12-14-22(28)15-13-20)24(27(34)30-32)29-26(33)21-8-6-5-7-9-21/h5-18,24-25H,3-4H2,1-2H3,(H-,29,30,33,34)/p+1/t24-,25+/m0/s1. The van der Waals surface area contributed by atoms with Crippen molar-refractivity contribution in [2.75, 3.05) is 18.0 Å². The molecule has 6 nitrogen and oxygen atoms in total. The second-order valence-corrected chi connectivity index (χ2v) is 8.53. The third-order valence-electron chi connectivity index (χ3n) is 5.98. The molecule has 174 valence electrons. The van der Waals surface area contributed by atoms with Crippen molar-refractivity contribution in [1.82, 2.24) is 10.7 Å². The van der Waals surface area contributed by atoms with E-state index in [-0.39, 0.29) is 11.8 Å². The number of hydrazone groups is 1. The van der Waals surface area contributed by atoms with Gasteiger partial charge in [-0.2, -0.15) is 0 Å². The number of rotatable bonds is 7. The molecule has 0 unspecified atom stereocenters. The topological polar surface area (TPSA) is 64.5 Å². The lowest BCUT2D eigenvalue weighted by Gasteiger charge is -2.20. The number of carbonyl (C=O) groups excluding carboxylic acids is 2. The number of amides is 2. The molecular formula is C27H28ClN4O2+. The van der Waals surface area contributed by atoms with Gasteiger partial charge in [0.25, 0.3) is 5.91 Å². The Hall–Kier alpha value is -3.64. The van der Waals surface area contributed by atoms with Gasteiger partial charge in [-0.1, -0.05) is 41.9 Å². The van der Waals surface area contributed by atoms with Crippen LogP contribution in [0, 0.1) is 0 Å². The lowest BCUT2D eigenvalue weighted by Crippen LogP contribution is -2.42. The van der Waals surface area contributed by atoms with Crippen LogP contribution in [0.4, 0.5) is 5.69 Å². The molecule has 0 radical (unpaired) electrons. The number of nitrogens with one attached hydrogen (secondary N) is 2. The zero-order valence-electron chi connectivity index (χ0n) is 19.2. The first-order valence-corrected chi connectivity index (χ1v) is 11.8. The summed E-state index contributed by atoms with van der Waals surface area (Å²) in [5, 5.41) is 3.52. The summed E-state index contributed by atoms with van der Waals surface area (Å²) >= 11 is 6.10. The number of benzene rings is 3. The lowest BCUT2D eigenvalue weighted by atomic mass is 9.99. The molecule has 1 aliphatic rings. The summed E-state index contributed by atoms with van der Waals surface area (Å²) in [6.07, 6.45) is 1.89. The number of hydrazine groups is 1. The second-order valence-electron chi connectivity index (χ2n) is 8.09. The van der Waals surface area contributed by atoms with Crippen LogP contribution in [0.3, 0.4) is 0 Å². The predicted octanol–water partition coefficient (Wildman–Crippen LogP) is 4.20. The van der Waals surface area contributed by atoms with Crippen molar-refractivity contribution < 1.29 is 14.3 Å². The van der Waals surface area contributed by atoms with E-state index in [2.05, 4.69) is 41.6 Å². The fourth-order valence-corrected chi connectivity index (χ4v) is 4.30. The molecule has 2 atom stereocenters. The first-order chi connectivity index (χ1) is 16.5. The number of nitrogens with zero attached hydrogens (tertiary/aromatic N) is 2. The van der Waals surface area contributed by atoms with Crippen molar-refractivity contribution in [1.29, 1.82) is 0 Å². The van der Waals surface area contributed by atoms with Gasteiger partial charge in [0.05, 0.1) is 0 Å². The molecule has 1 fully saturated rings. The van der Waals surface area contributed by atoms with Crippen molar-refractivity contribution in [3.8, 4) is 0 Å². The van der Waals surface area contributed by atoms with E-state index in [1.165, 1.54) is 0 Å². The monoisotopic (exact) mass is 475 g/mol.